The van der Waals surface area contributed by atoms with Crippen molar-refractivity contribution in [3.63, 3.8) is 0 Å². The quantitative estimate of drug-likeness (QED) is 0.291. The molecule has 0 atom stereocenters. The van der Waals surface area contributed by atoms with Gasteiger partial charge in [-0.1, -0.05) is 72.8 Å². The molecule has 1 amide bonds. The number of hydrogen-bond donors (Lipinski definition) is 1. The van der Waals surface area contributed by atoms with Gasteiger partial charge in [-0.05, 0) is 60.0 Å². The van der Waals surface area contributed by atoms with Crippen molar-refractivity contribution in [1.29, 1.82) is 0 Å². The van der Waals surface area contributed by atoms with Gasteiger partial charge in [0.2, 0.25) is 10.0 Å². The van der Waals surface area contributed by atoms with Crippen LogP contribution in [0.2, 0.25) is 0 Å². The number of nitrogens with zero attached hydrogens (tertiary/aromatic N) is 1. The van der Waals surface area contributed by atoms with Crippen molar-refractivity contribution >= 4 is 15.9 Å². The number of sulfonamides is 1. The van der Waals surface area contributed by atoms with Crippen LogP contribution in [0.1, 0.15) is 34.0 Å². The molecule has 4 aromatic carbocycles. The predicted octanol–water partition coefficient (Wildman–Crippen LogP) is 5.41. The van der Waals surface area contributed by atoms with Crippen molar-refractivity contribution in [3.8, 4) is 5.75 Å². The van der Waals surface area contributed by atoms with E-state index < -0.39 is 10.0 Å². The Bertz CT molecular complexity index is 1390. The van der Waals surface area contributed by atoms with Gasteiger partial charge in [0, 0.05) is 25.2 Å². The largest absolute Gasteiger partial charge is 0.494 e. The molecule has 4 rings (SSSR count). The van der Waals surface area contributed by atoms with Gasteiger partial charge in [0.05, 0.1) is 11.5 Å². The topological polar surface area (TPSA) is 75.7 Å². The first-order chi connectivity index (χ1) is 18.0. The minimum absolute atomic E-state index is 0.163. The lowest BCUT2D eigenvalue weighted by atomic mass is 10.1. The van der Waals surface area contributed by atoms with Crippen LogP contribution < -0.4 is 10.1 Å². The molecule has 37 heavy (non-hydrogen) atoms. The van der Waals surface area contributed by atoms with Crippen molar-refractivity contribution < 1.29 is 17.9 Å². The third kappa shape index (κ3) is 7.06. The number of amides is 1. The van der Waals surface area contributed by atoms with Crippen LogP contribution >= 0.6 is 0 Å². The molecule has 0 bridgehead atoms. The number of rotatable bonds is 11. The Morgan fingerprint density at radius 3 is 1.84 bits per heavy atom. The lowest BCUT2D eigenvalue weighted by Crippen LogP contribution is -2.30. The highest BCUT2D eigenvalue weighted by Gasteiger charge is 2.25. The van der Waals surface area contributed by atoms with Crippen LogP contribution in [0.5, 0.6) is 5.75 Å². The second-order valence-corrected chi connectivity index (χ2v) is 10.5. The standard InChI is InChI=1S/C30H30N2O4S/c1-2-36-28-17-19-29(20-18-28)37(34,35)32(22-25-11-7-4-8-12-25)23-26-13-15-27(16-14-26)30(33)31-21-24-9-5-3-6-10-24/h3-20H,2,21-23H2,1H3,(H,31,33). The Balaban J connectivity index is 1.51. The van der Waals surface area contributed by atoms with Gasteiger partial charge in [0.15, 0.2) is 0 Å². The molecule has 190 valence electrons. The molecule has 7 heteroatoms. The fourth-order valence-electron chi connectivity index (χ4n) is 3.88. The molecule has 0 fully saturated rings. The van der Waals surface area contributed by atoms with E-state index in [1.54, 1.807) is 48.5 Å². The Kier molecular flexibility index (Phi) is 8.72. The molecule has 0 radical (unpaired) electrons. The van der Waals surface area contributed by atoms with E-state index in [1.165, 1.54) is 4.31 Å². The highest BCUT2D eigenvalue weighted by molar-refractivity contribution is 7.89. The van der Waals surface area contributed by atoms with Gasteiger partial charge >= 0.3 is 0 Å². The molecular formula is C30H30N2O4S. The van der Waals surface area contributed by atoms with E-state index >= 15 is 0 Å². The van der Waals surface area contributed by atoms with Crippen LogP contribution in [0, 0.1) is 0 Å². The number of hydrogen-bond acceptors (Lipinski definition) is 4. The van der Waals surface area contributed by atoms with Crippen LogP contribution in [-0.4, -0.2) is 25.2 Å². The summed E-state index contributed by atoms with van der Waals surface area (Å²) in [5, 5.41) is 2.91. The van der Waals surface area contributed by atoms with E-state index in [1.807, 2.05) is 67.6 Å². The number of carbonyl (C=O) groups excluding carboxylic acids is 1. The molecule has 0 aliphatic heterocycles. The van der Waals surface area contributed by atoms with Crippen molar-refractivity contribution in [3.05, 3.63) is 131 Å². The Morgan fingerprint density at radius 1 is 0.730 bits per heavy atom. The zero-order chi connectivity index (χ0) is 26.1. The van der Waals surface area contributed by atoms with Gasteiger partial charge in [0.25, 0.3) is 5.91 Å². The molecule has 0 aromatic heterocycles. The summed E-state index contributed by atoms with van der Waals surface area (Å²) in [5.41, 5.74) is 3.20. The molecule has 6 nitrogen and oxygen atoms in total. The van der Waals surface area contributed by atoms with Crippen molar-refractivity contribution in [1.82, 2.24) is 9.62 Å². The van der Waals surface area contributed by atoms with E-state index in [2.05, 4.69) is 5.32 Å². The average molecular weight is 515 g/mol. The fourth-order valence-corrected chi connectivity index (χ4v) is 5.30. The molecule has 0 aliphatic rings. The zero-order valence-corrected chi connectivity index (χ0v) is 21.5. The Labute approximate surface area is 218 Å². The molecular weight excluding hydrogens is 484 g/mol. The van der Waals surface area contributed by atoms with Crippen LogP contribution in [-0.2, 0) is 29.7 Å². The normalized spacial score (nSPS) is 11.3. The Hall–Kier alpha value is -3.94. The van der Waals surface area contributed by atoms with Crippen molar-refractivity contribution in [2.24, 2.45) is 0 Å². The molecule has 0 saturated carbocycles. The van der Waals surface area contributed by atoms with E-state index in [-0.39, 0.29) is 23.9 Å². The Morgan fingerprint density at radius 2 is 1.27 bits per heavy atom. The SMILES string of the molecule is CCOc1ccc(S(=O)(=O)N(Cc2ccccc2)Cc2ccc(C(=O)NCc3ccccc3)cc2)cc1. The maximum Gasteiger partial charge on any atom is 0.251 e. The second kappa shape index (κ2) is 12.3. The molecule has 4 aromatic rings. The van der Waals surface area contributed by atoms with E-state index in [0.29, 0.717) is 24.5 Å². The number of nitrogens with one attached hydrogen (secondary N) is 1. The highest BCUT2D eigenvalue weighted by atomic mass is 32.2. The molecule has 0 saturated heterocycles. The van der Waals surface area contributed by atoms with E-state index in [4.69, 9.17) is 4.74 Å². The fraction of sp³-hybridized carbons (Fsp3) is 0.167. The lowest BCUT2D eigenvalue weighted by molar-refractivity contribution is 0.0951. The summed E-state index contributed by atoms with van der Waals surface area (Å²) in [6.45, 7) is 3.20. The summed E-state index contributed by atoms with van der Waals surface area (Å²) in [6, 6.07) is 32.7. The van der Waals surface area contributed by atoms with Gasteiger partial charge in [-0.3, -0.25) is 4.79 Å². The predicted molar refractivity (Wildman–Crippen MR) is 145 cm³/mol. The second-order valence-electron chi connectivity index (χ2n) is 8.53. The minimum Gasteiger partial charge on any atom is -0.494 e. The maximum absolute atomic E-state index is 13.6. The van der Waals surface area contributed by atoms with Gasteiger partial charge in [-0.15, -0.1) is 0 Å². The first kappa shape index (κ1) is 26.1. The lowest BCUT2D eigenvalue weighted by Gasteiger charge is -2.23. The first-order valence-corrected chi connectivity index (χ1v) is 13.6. The summed E-state index contributed by atoms with van der Waals surface area (Å²) in [4.78, 5) is 12.8. The molecule has 0 spiro atoms. The van der Waals surface area contributed by atoms with Crippen LogP contribution in [0.15, 0.2) is 114 Å². The van der Waals surface area contributed by atoms with Gasteiger partial charge in [-0.25, -0.2) is 8.42 Å². The summed E-state index contributed by atoms with van der Waals surface area (Å²) >= 11 is 0. The maximum atomic E-state index is 13.6. The third-order valence-corrected chi connectivity index (χ3v) is 7.65. The van der Waals surface area contributed by atoms with Crippen LogP contribution in [0.25, 0.3) is 0 Å². The van der Waals surface area contributed by atoms with E-state index in [9.17, 15) is 13.2 Å². The van der Waals surface area contributed by atoms with Gasteiger partial charge in [0.1, 0.15) is 5.75 Å². The smallest absolute Gasteiger partial charge is 0.251 e. The van der Waals surface area contributed by atoms with Crippen LogP contribution in [0.4, 0.5) is 0 Å². The highest BCUT2D eigenvalue weighted by Crippen LogP contribution is 2.23. The average Bonchev–Trinajstić information content (AvgIpc) is 2.93. The minimum atomic E-state index is -3.80. The summed E-state index contributed by atoms with van der Waals surface area (Å²) in [5.74, 6) is 0.441. The first-order valence-electron chi connectivity index (χ1n) is 12.1. The summed E-state index contributed by atoms with van der Waals surface area (Å²) in [6.07, 6.45) is 0. The summed E-state index contributed by atoms with van der Waals surface area (Å²) in [7, 11) is -3.80. The summed E-state index contributed by atoms with van der Waals surface area (Å²) < 4.78 is 34.2. The van der Waals surface area contributed by atoms with Gasteiger partial charge < -0.3 is 10.1 Å². The van der Waals surface area contributed by atoms with E-state index in [0.717, 1.165) is 16.7 Å². The third-order valence-electron chi connectivity index (χ3n) is 5.85. The van der Waals surface area contributed by atoms with Crippen molar-refractivity contribution in [2.45, 2.75) is 31.5 Å². The zero-order valence-electron chi connectivity index (χ0n) is 20.7. The molecule has 0 heterocycles. The molecule has 0 aliphatic carbocycles. The number of ether oxygens (including phenoxy) is 1. The number of benzene rings is 4. The van der Waals surface area contributed by atoms with Crippen molar-refractivity contribution in [2.75, 3.05) is 6.61 Å². The molecule has 0 unspecified atom stereocenters. The number of carbonyl (C=O) groups is 1. The molecule has 1 N–H and O–H groups in total. The monoisotopic (exact) mass is 514 g/mol. The van der Waals surface area contributed by atoms with Crippen LogP contribution in [0.3, 0.4) is 0 Å². The van der Waals surface area contributed by atoms with Gasteiger partial charge in [-0.2, -0.15) is 4.31 Å².